The monoisotopic (exact) mass is 326 g/mol. The number of alkyl halides is 4. The Labute approximate surface area is 119 Å². The van der Waals surface area contributed by atoms with Crippen LogP contribution in [0.3, 0.4) is 0 Å². The third kappa shape index (κ3) is 3.65. The number of fused-ring (bicyclic) bond motifs is 1. The van der Waals surface area contributed by atoms with Gasteiger partial charge in [-0.1, -0.05) is 6.07 Å². The zero-order chi connectivity index (χ0) is 15.7. The van der Waals surface area contributed by atoms with Crippen molar-refractivity contribution in [3.63, 3.8) is 0 Å². The first-order valence-corrected chi connectivity index (χ1v) is 7.73. The molecule has 9 heteroatoms. The lowest BCUT2D eigenvalue weighted by molar-refractivity contribution is -0.122. The molecular formula is C12H14F4N2O2S. The minimum absolute atomic E-state index is 0.235. The van der Waals surface area contributed by atoms with Crippen molar-refractivity contribution in [2.45, 2.75) is 30.1 Å². The predicted molar refractivity (Wildman–Crippen MR) is 69.4 cm³/mol. The Balaban J connectivity index is 2.16. The Hall–Kier alpha value is -1.35. The summed E-state index contributed by atoms with van der Waals surface area (Å²) in [6.07, 6.45) is -2.22. The third-order valence-corrected chi connectivity index (χ3v) is 4.55. The molecule has 0 radical (unpaired) electrons. The number of aryl methyl sites for hydroxylation is 1. The number of halogens is 4. The molecule has 4 nitrogen and oxygen atoms in total. The van der Waals surface area contributed by atoms with E-state index in [2.05, 4.69) is 5.32 Å². The molecule has 1 aromatic carbocycles. The van der Waals surface area contributed by atoms with Crippen molar-refractivity contribution in [2.75, 3.05) is 18.4 Å². The van der Waals surface area contributed by atoms with E-state index < -0.39 is 28.9 Å². The van der Waals surface area contributed by atoms with Gasteiger partial charge in [-0.2, -0.15) is 8.78 Å². The number of rotatable bonds is 5. The Morgan fingerprint density at radius 2 is 2.05 bits per heavy atom. The van der Waals surface area contributed by atoms with E-state index in [1.54, 1.807) is 6.07 Å². The van der Waals surface area contributed by atoms with Gasteiger partial charge in [-0.25, -0.2) is 21.9 Å². The fourth-order valence-electron chi connectivity index (χ4n) is 1.96. The van der Waals surface area contributed by atoms with Crippen molar-refractivity contribution in [1.29, 1.82) is 0 Å². The van der Waals surface area contributed by atoms with E-state index in [0.717, 1.165) is 18.4 Å². The van der Waals surface area contributed by atoms with Crippen LogP contribution in [0.2, 0.25) is 0 Å². The number of sulfonamides is 1. The van der Waals surface area contributed by atoms with Crippen LogP contribution in [0, 0.1) is 0 Å². The number of anilines is 1. The molecule has 21 heavy (non-hydrogen) atoms. The Bertz CT molecular complexity index is 620. The highest BCUT2D eigenvalue weighted by Gasteiger charge is 2.41. The molecule has 1 aromatic rings. The van der Waals surface area contributed by atoms with E-state index in [4.69, 9.17) is 0 Å². The van der Waals surface area contributed by atoms with E-state index in [1.807, 2.05) is 0 Å². The van der Waals surface area contributed by atoms with Crippen LogP contribution in [0.4, 0.5) is 23.2 Å². The van der Waals surface area contributed by atoms with Crippen LogP contribution in [0.25, 0.3) is 0 Å². The number of nitrogens with one attached hydrogen (secondary N) is 2. The largest absolute Gasteiger partial charge is 0.385 e. The van der Waals surface area contributed by atoms with Gasteiger partial charge < -0.3 is 5.32 Å². The van der Waals surface area contributed by atoms with Gasteiger partial charge in [0.2, 0.25) is 10.0 Å². The van der Waals surface area contributed by atoms with Gasteiger partial charge in [0.25, 0.3) is 0 Å². The van der Waals surface area contributed by atoms with Crippen LogP contribution in [0.1, 0.15) is 12.0 Å². The van der Waals surface area contributed by atoms with E-state index in [9.17, 15) is 26.0 Å². The van der Waals surface area contributed by atoms with Crippen LogP contribution in [-0.2, 0) is 16.4 Å². The summed E-state index contributed by atoms with van der Waals surface area (Å²) in [7, 11) is -4.26. The summed E-state index contributed by atoms with van der Waals surface area (Å²) in [6, 6.07) is 4.17. The van der Waals surface area contributed by atoms with Crippen LogP contribution >= 0.6 is 0 Å². The highest BCUT2D eigenvalue weighted by Crippen LogP contribution is 2.26. The fourth-order valence-corrected chi connectivity index (χ4v) is 3.03. The quantitative estimate of drug-likeness (QED) is 0.816. The number of benzene rings is 1. The molecule has 0 aromatic heterocycles. The van der Waals surface area contributed by atoms with E-state index in [-0.39, 0.29) is 4.90 Å². The Morgan fingerprint density at radius 1 is 1.33 bits per heavy atom. The first-order chi connectivity index (χ1) is 9.72. The second kappa shape index (κ2) is 5.80. The van der Waals surface area contributed by atoms with E-state index in [0.29, 0.717) is 12.2 Å². The molecule has 1 aliphatic rings. The maximum absolute atomic E-state index is 12.8. The summed E-state index contributed by atoms with van der Waals surface area (Å²) in [4.78, 5) is -0.235. The number of hydrogen-bond acceptors (Lipinski definition) is 3. The Morgan fingerprint density at radius 3 is 2.71 bits per heavy atom. The highest BCUT2D eigenvalue weighted by atomic mass is 32.2. The molecule has 0 aliphatic carbocycles. The minimum Gasteiger partial charge on any atom is -0.385 e. The molecule has 1 aliphatic heterocycles. The SMILES string of the molecule is O=S(=O)(NCC(F)(F)C(F)F)c1ccc2c(c1)NCCC2. The number of hydrogen-bond donors (Lipinski definition) is 2. The van der Waals surface area contributed by atoms with Gasteiger partial charge in [0.15, 0.2) is 0 Å². The maximum atomic E-state index is 12.8. The zero-order valence-corrected chi connectivity index (χ0v) is 11.7. The summed E-state index contributed by atoms with van der Waals surface area (Å²) in [5.74, 6) is -4.40. The fraction of sp³-hybridized carbons (Fsp3) is 0.500. The lowest BCUT2D eigenvalue weighted by Crippen LogP contribution is -2.41. The van der Waals surface area contributed by atoms with Gasteiger partial charge in [-0.15, -0.1) is 0 Å². The van der Waals surface area contributed by atoms with Crippen molar-refractivity contribution < 1.29 is 26.0 Å². The molecule has 0 saturated carbocycles. The van der Waals surface area contributed by atoms with E-state index in [1.165, 1.54) is 16.9 Å². The van der Waals surface area contributed by atoms with Crippen LogP contribution in [0.15, 0.2) is 23.1 Å². The lowest BCUT2D eigenvalue weighted by atomic mass is 10.0. The molecule has 2 rings (SSSR count). The molecule has 0 unspecified atom stereocenters. The third-order valence-electron chi connectivity index (χ3n) is 3.15. The van der Waals surface area contributed by atoms with Crippen molar-refractivity contribution >= 4 is 15.7 Å². The van der Waals surface area contributed by atoms with Gasteiger partial charge in [0.1, 0.15) is 0 Å². The van der Waals surface area contributed by atoms with Crippen LogP contribution in [-0.4, -0.2) is 33.9 Å². The second-order valence-corrected chi connectivity index (χ2v) is 6.50. The van der Waals surface area contributed by atoms with Crippen LogP contribution in [0.5, 0.6) is 0 Å². The van der Waals surface area contributed by atoms with Crippen molar-refractivity contribution in [1.82, 2.24) is 4.72 Å². The molecular weight excluding hydrogens is 312 g/mol. The summed E-state index contributed by atoms with van der Waals surface area (Å²) in [6.45, 7) is -0.953. The molecule has 2 N–H and O–H groups in total. The van der Waals surface area contributed by atoms with Crippen molar-refractivity contribution in [3.8, 4) is 0 Å². The van der Waals surface area contributed by atoms with E-state index >= 15 is 0 Å². The molecule has 0 bridgehead atoms. The summed E-state index contributed by atoms with van der Waals surface area (Å²) < 4.78 is 74.9. The first-order valence-electron chi connectivity index (χ1n) is 6.25. The highest BCUT2D eigenvalue weighted by molar-refractivity contribution is 7.89. The molecule has 0 fully saturated rings. The van der Waals surface area contributed by atoms with Gasteiger partial charge in [-0.05, 0) is 30.5 Å². The molecule has 1 heterocycles. The topological polar surface area (TPSA) is 58.2 Å². The standard InChI is InChI=1S/C12H14F4N2O2S/c13-11(14)12(15,16)7-18-21(19,20)9-4-3-8-2-1-5-17-10(8)6-9/h3-4,6,11,17-18H,1-2,5,7H2. The predicted octanol–water partition coefficient (Wildman–Crippen LogP) is 2.22. The van der Waals surface area contributed by atoms with Gasteiger partial charge >= 0.3 is 12.3 Å². The Kier molecular flexibility index (Phi) is 4.43. The smallest absolute Gasteiger partial charge is 0.320 e. The molecule has 0 atom stereocenters. The van der Waals surface area contributed by atoms with Crippen LogP contribution < -0.4 is 10.0 Å². The van der Waals surface area contributed by atoms with Crippen molar-refractivity contribution in [2.24, 2.45) is 0 Å². The average Bonchev–Trinajstić information content (AvgIpc) is 2.45. The second-order valence-electron chi connectivity index (χ2n) is 4.74. The first kappa shape index (κ1) is 16.0. The maximum Gasteiger partial charge on any atom is 0.320 e. The normalized spacial score (nSPS) is 15.7. The lowest BCUT2D eigenvalue weighted by Gasteiger charge is -2.19. The summed E-state index contributed by atoms with van der Waals surface area (Å²) >= 11 is 0. The van der Waals surface area contributed by atoms with Gasteiger partial charge in [-0.3, -0.25) is 0 Å². The molecule has 0 spiro atoms. The minimum atomic E-state index is -4.40. The molecule has 0 saturated heterocycles. The zero-order valence-electron chi connectivity index (χ0n) is 10.9. The van der Waals surface area contributed by atoms with Gasteiger partial charge in [0, 0.05) is 12.2 Å². The summed E-state index contributed by atoms with van der Waals surface area (Å²) in [5, 5.41) is 3.01. The molecule has 118 valence electrons. The summed E-state index contributed by atoms with van der Waals surface area (Å²) in [5.41, 5.74) is 1.54. The average molecular weight is 326 g/mol. The van der Waals surface area contributed by atoms with Crippen molar-refractivity contribution in [3.05, 3.63) is 23.8 Å². The van der Waals surface area contributed by atoms with Gasteiger partial charge in [0.05, 0.1) is 11.4 Å². The molecule has 0 amide bonds.